The van der Waals surface area contributed by atoms with Gasteiger partial charge in [-0.25, -0.2) is 0 Å². The SMILES string of the molecule is COc1ccccc1NC(=O)C(C)N1CCC(C)C(O)C1. The average Bonchev–Trinajstić information content (AvgIpc) is 2.49. The number of para-hydroxylation sites is 2. The minimum Gasteiger partial charge on any atom is -0.495 e. The van der Waals surface area contributed by atoms with E-state index in [0.717, 1.165) is 13.0 Å². The summed E-state index contributed by atoms with van der Waals surface area (Å²) in [7, 11) is 1.58. The number of benzene rings is 1. The van der Waals surface area contributed by atoms with Crippen molar-refractivity contribution in [2.75, 3.05) is 25.5 Å². The standard InChI is InChI=1S/C16H24N2O3/c1-11-8-9-18(10-14(11)19)12(2)16(20)17-13-6-4-5-7-15(13)21-3/h4-7,11-12,14,19H,8-10H2,1-3H3,(H,17,20). The maximum atomic E-state index is 12.4. The van der Waals surface area contributed by atoms with E-state index < -0.39 is 0 Å². The molecule has 5 heteroatoms. The summed E-state index contributed by atoms with van der Waals surface area (Å²) in [5.74, 6) is 0.859. The predicted molar refractivity (Wildman–Crippen MR) is 82.4 cm³/mol. The Bertz CT molecular complexity index is 492. The summed E-state index contributed by atoms with van der Waals surface area (Å²) in [6, 6.07) is 7.07. The molecule has 0 radical (unpaired) electrons. The van der Waals surface area contributed by atoms with Crippen molar-refractivity contribution >= 4 is 11.6 Å². The number of rotatable bonds is 4. The van der Waals surface area contributed by atoms with Gasteiger partial charge in [-0.3, -0.25) is 9.69 Å². The third-order valence-corrected chi connectivity index (χ3v) is 4.24. The van der Waals surface area contributed by atoms with Gasteiger partial charge in [0.1, 0.15) is 5.75 Å². The summed E-state index contributed by atoms with van der Waals surface area (Å²) in [5.41, 5.74) is 0.669. The van der Waals surface area contributed by atoms with Crippen LogP contribution in [0.1, 0.15) is 20.3 Å². The number of amides is 1. The van der Waals surface area contributed by atoms with Gasteiger partial charge >= 0.3 is 0 Å². The summed E-state index contributed by atoms with van der Waals surface area (Å²) in [6.07, 6.45) is 0.549. The minimum atomic E-state index is -0.361. The molecule has 2 rings (SSSR count). The monoisotopic (exact) mass is 292 g/mol. The largest absolute Gasteiger partial charge is 0.495 e. The lowest BCUT2D eigenvalue weighted by atomic mass is 9.95. The van der Waals surface area contributed by atoms with Crippen LogP contribution in [0.5, 0.6) is 5.75 Å². The third-order valence-electron chi connectivity index (χ3n) is 4.24. The second kappa shape index (κ2) is 6.91. The molecule has 3 unspecified atom stereocenters. The number of likely N-dealkylation sites (tertiary alicyclic amines) is 1. The number of aliphatic hydroxyl groups excluding tert-OH is 1. The Hall–Kier alpha value is -1.59. The van der Waals surface area contributed by atoms with Crippen molar-refractivity contribution in [2.24, 2.45) is 5.92 Å². The maximum Gasteiger partial charge on any atom is 0.241 e. The Labute approximate surface area is 125 Å². The fourth-order valence-corrected chi connectivity index (χ4v) is 2.58. The first kappa shape index (κ1) is 15.8. The number of piperidine rings is 1. The van der Waals surface area contributed by atoms with E-state index in [1.165, 1.54) is 0 Å². The molecular weight excluding hydrogens is 268 g/mol. The van der Waals surface area contributed by atoms with Crippen LogP contribution in [0.25, 0.3) is 0 Å². The van der Waals surface area contributed by atoms with Crippen LogP contribution in [-0.2, 0) is 4.79 Å². The van der Waals surface area contributed by atoms with Gasteiger partial charge in [-0.05, 0) is 37.9 Å². The van der Waals surface area contributed by atoms with Gasteiger partial charge in [0.15, 0.2) is 0 Å². The highest BCUT2D eigenvalue weighted by atomic mass is 16.5. The van der Waals surface area contributed by atoms with E-state index >= 15 is 0 Å². The van der Waals surface area contributed by atoms with E-state index in [1.54, 1.807) is 7.11 Å². The summed E-state index contributed by atoms with van der Waals surface area (Å²) in [5, 5.41) is 12.9. The molecule has 3 atom stereocenters. The van der Waals surface area contributed by atoms with Crippen molar-refractivity contribution in [1.29, 1.82) is 0 Å². The van der Waals surface area contributed by atoms with Gasteiger partial charge in [-0.2, -0.15) is 0 Å². The second-order valence-electron chi connectivity index (χ2n) is 5.69. The highest BCUT2D eigenvalue weighted by molar-refractivity contribution is 5.95. The van der Waals surface area contributed by atoms with Gasteiger partial charge in [0.2, 0.25) is 5.91 Å². The van der Waals surface area contributed by atoms with Gasteiger partial charge in [0, 0.05) is 6.54 Å². The number of hydrogen-bond acceptors (Lipinski definition) is 4. The van der Waals surface area contributed by atoms with Crippen molar-refractivity contribution in [1.82, 2.24) is 4.90 Å². The van der Waals surface area contributed by atoms with E-state index in [0.29, 0.717) is 23.9 Å². The Morgan fingerprint density at radius 1 is 1.48 bits per heavy atom. The topological polar surface area (TPSA) is 61.8 Å². The van der Waals surface area contributed by atoms with Crippen molar-refractivity contribution in [2.45, 2.75) is 32.4 Å². The molecule has 0 bridgehead atoms. The van der Waals surface area contributed by atoms with E-state index in [1.807, 2.05) is 43.0 Å². The number of hydrogen-bond donors (Lipinski definition) is 2. The van der Waals surface area contributed by atoms with Crippen molar-refractivity contribution in [3.63, 3.8) is 0 Å². The molecule has 1 aliphatic rings. The van der Waals surface area contributed by atoms with Gasteiger partial charge < -0.3 is 15.2 Å². The lowest BCUT2D eigenvalue weighted by Gasteiger charge is -2.37. The van der Waals surface area contributed by atoms with Crippen LogP contribution in [0, 0.1) is 5.92 Å². The normalized spacial score (nSPS) is 24.4. The lowest BCUT2D eigenvalue weighted by molar-refractivity contribution is -0.122. The van der Waals surface area contributed by atoms with Gasteiger partial charge in [-0.15, -0.1) is 0 Å². The molecule has 1 saturated heterocycles. The molecule has 21 heavy (non-hydrogen) atoms. The number of anilines is 1. The van der Waals surface area contributed by atoms with Crippen LogP contribution < -0.4 is 10.1 Å². The molecule has 1 amide bonds. The van der Waals surface area contributed by atoms with E-state index in [-0.39, 0.29) is 18.1 Å². The van der Waals surface area contributed by atoms with Crippen molar-refractivity contribution in [3.05, 3.63) is 24.3 Å². The molecule has 1 aromatic carbocycles. The number of nitrogens with one attached hydrogen (secondary N) is 1. The van der Waals surface area contributed by atoms with Crippen LogP contribution in [0.15, 0.2) is 24.3 Å². The lowest BCUT2D eigenvalue weighted by Crippen LogP contribution is -2.50. The van der Waals surface area contributed by atoms with Crippen LogP contribution in [0.2, 0.25) is 0 Å². The highest BCUT2D eigenvalue weighted by Gasteiger charge is 2.30. The van der Waals surface area contributed by atoms with Gasteiger partial charge in [-0.1, -0.05) is 19.1 Å². The smallest absolute Gasteiger partial charge is 0.241 e. The first-order valence-electron chi connectivity index (χ1n) is 7.39. The molecule has 2 N–H and O–H groups in total. The Kier molecular flexibility index (Phi) is 5.20. The van der Waals surface area contributed by atoms with Crippen molar-refractivity contribution in [3.8, 4) is 5.75 Å². The number of methoxy groups -OCH3 is 1. The quantitative estimate of drug-likeness (QED) is 0.887. The predicted octanol–water partition coefficient (Wildman–Crippen LogP) is 1.72. The van der Waals surface area contributed by atoms with E-state index in [9.17, 15) is 9.90 Å². The number of aliphatic hydroxyl groups is 1. The third kappa shape index (κ3) is 3.74. The minimum absolute atomic E-state index is 0.0822. The number of nitrogens with zero attached hydrogens (tertiary/aromatic N) is 1. The fraction of sp³-hybridized carbons (Fsp3) is 0.562. The molecule has 0 aromatic heterocycles. The summed E-state index contributed by atoms with van der Waals surface area (Å²) in [4.78, 5) is 14.4. The summed E-state index contributed by atoms with van der Waals surface area (Å²) >= 11 is 0. The Balaban J connectivity index is 1.99. The van der Waals surface area contributed by atoms with E-state index in [2.05, 4.69) is 5.32 Å². The molecule has 1 heterocycles. The van der Waals surface area contributed by atoms with Gasteiger partial charge in [0.05, 0.1) is 24.9 Å². The van der Waals surface area contributed by atoms with Crippen LogP contribution in [0.3, 0.4) is 0 Å². The Morgan fingerprint density at radius 3 is 2.86 bits per heavy atom. The van der Waals surface area contributed by atoms with Gasteiger partial charge in [0.25, 0.3) is 0 Å². The number of β-amino-alcohol motifs (C(OH)–C–C–N with tert-alkyl or cyclic N) is 1. The zero-order valence-electron chi connectivity index (χ0n) is 12.9. The zero-order chi connectivity index (χ0) is 15.4. The molecular formula is C16H24N2O3. The highest BCUT2D eigenvalue weighted by Crippen LogP contribution is 2.24. The first-order chi connectivity index (χ1) is 10.0. The van der Waals surface area contributed by atoms with Crippen molar-refractivity contribution < 1.29 is 14.6 Å². The summed E-state index contributed by atoms with van der Waals surface area (Å²) < 4.78 is 5.23. The Morgan fingerprint density at radius 2 is 2.19 bits per heavy atom. The number of carbonyl (C=O) groups is 1. The molecule has 0 saturated carbocycles. The zero-order valence-corrected chi connectivity index (χ0v) is 12.9. The molecule has 0 aliphatic carbocycles. The first-order valence-corrected chi connectivity index (χ1v) is 7.39. The maximum absolute atomic E-state index is 12.4. The number of carbonyl (C=O) groups excluding carboxylic acids is 1. The molecule has 5 nitrogen and oxygen atoms in total. The fourth-order valence-electron chi connectivity index (χ4n) is 2.58. The molecule has 116 valence electrons. The second-order valence-corrected chi connectivity index (χ2v) is 5.69. The average molecular weight is 292 g/mol. The molecule has 1 aromatic rings. The van der Waals surface area contributed by atoms with Crippen LogP contribution >= 0.6 is 0 Å². The van der Waals surface area contributed by atoms with Crippen LogP contribution in [0.4, 0.5) is 5.69 Å². The van der Waals surface area contributed by atoms with E-state index in [4.69, 9.17) is 4.74 Å². The molecule has 1 fully saturated rings. The molecule has 1 aliphatic heterocycles. The van der Waals surface area contributed by atoms with Crippen LogP contribution in [-0.4, -0.2) is 48.3 Å². The molecule has 0 spiro atoms. The number of ether oxygens (including phenoxy) is 1. The summed E-state index contributed by atoms with van der Waals surface area (Å²) in [6.45, 7) is 5.29.